The van der Waals surface area contributed by atoms with Gasteiger partial charge >= 0.3 is 5.97 Å². The number of carbonyl (C=O) groups is 1. The molecule has 2 aromatic heterocycles. The lowest BCUT2D eigenvalue weighted by molar-refractivity contribution is -0.143. The molecule has 0 aliphatic carbocycles. The number of morpholine rings is 1. The van der Waals surface area contributed by atoms with Crippen molar-refractivity contribution < 1.29 is 19.0 Å². The van der Waals surface area contributed by atoms with Crippen LogP contribution in [-0.2, 0) is 14.3 Å². The molecule has 0 amide bonds. The van der Waals surface area contributed by atoms with Gasteiger partial charge in [0.25, 0.3) is 0 Å². The van der Waals surface area contributed by atoms with Gasteiger partial charge in [-0.1, -0.05) is 61.7 Å². The molecular weight excluding hydrogens is 609 g/mol. The predicted molar refractivity (Wildman–Crippen MR) is 181 cm³/mol. The number of nitrogens with zero attached hydrogens (tertiary/aromatic N) is 6. The van der Waals surface area contributed by atoms with E-state index in [1.807, 2.05) is 49.4 Å². The molecule has 0 atom stereocenters. The number of hydrogen-bond donors (Lipinski definition) is 0. The third kappa shape index (κ3) is 10.7. The van der Waals surface area contributed by atoms with Gasteiger partial charge in [0.15, 0.2) is 0 Å². The predicted octanol–water partition coefficient (Wildman–Crippen LogP) is 10.1. The molecule has 0 saturated carbocycles. The molecule has 1 saturated heterocycles. The van der Waals surface area contributed by atoms with Gasteiger partial charge in [-0.15, -0.1) is 20.5 Å². The Kier molecular flexibility index (Phi) is 12.8. The maximum absolute atomic E-state index is 11.1. The zero-order valence-electron chi connectivity index (χ0n) is 25.7. The van der Waals surface area contributed by atoms with Gasteiger partial charge in [-0.2, -0.15) is 0 Å². The molecule has 4 aromatic rings. The van der Waals surface area contributed by atoms with E-state index in [0.29, 0.717) is 24.8 Å². The number of rotatable bonds is 17. The van der Waals surface area contributed by atoms with E-state index in [4.69, 9.17) is 14.2 Å². The number of unbranched alkanes of at least 4 members (excludes halogenated alkanes) is 6. The molecule has 1 aliphatic rings. The number of benzene rings is 2. The third-order valence-electron chi connectivity index (χ3n) is 7.25. The highest BCUT2D eigenvalue weighted by atomic mass is 32.1. The van der Waals surface area contributed by atoms with E-state index < -0.39 is 0 Å². The van der Waals surface area contributed by atoms with E-state index >= 15 is 0 Å². The number of anilines is 1. The Morgan fingerprint density at radius 2 is 1.47 bits per heavy atom. The highest BCUT2D eigenvalue weighted by molar-refractivity contribution is 7.30. The highest BCUT2D eigenvalue weighted by Gasteiger charge is 2.11. The molecule has 5 rings (SSSR count). The lowest BCUT2D eigenvalue weighted by atomic mass is 10.1. The van der Waals surface area contributed by atoms with Crippen LogP contribution in [0.15, 0.2) is 75.1 Å². The average Bonchev–Trinajstić information content (AvgIpc) is 3.65. The Labute approximate surface area is 272 Å². The second-order valence-electron chi connectivity index (χ2n) is 10.7. The standard InChI is InChI=1S/C33H40N6O4S2/c1-2-31(40)43-21-9-7-5-3-4-6-8-20-42-28-16-12-26(13-17-28)35-37-30-24-29-32(45-30)34-33(44-29)38-36-25-10-14-27(15-11-25)39-18-22-41-23-19-39/h10-17,24H,2-9,18-23H2,1H3. The summed E-state index contributed by atoms with van der Waals surface area (Å²) in [6.07, 6.45) is 8.28. The van der Waals surface area contributed by atoms with Crippen molar-refractivity contribution in [1.82, 2.24) is 4.98 Å². The molecule has 2 aromatic carbocycles. The van der Waals surface area contributed by atoms with E-state index in [-0.39, 0.29) is 5.97 Å². The maximum atomic E-state index is 11.1. The topological polar surface area (TPSA) is 110 Å². The number of fused-ring (bicyclic) bond motifs is 1. The number of azo groups is 2. The SMILES string of the molecule is CCC(=O)OCCCCCCCCCOc1ccc(N=Nc2cc3sc(N=Nc4ccc(N5CCOCC5)cc4)nc3s2)cc1. The molecule has 238 valence electrons. The van der Waals surface area contributed by atoms with E-state index in [1.165, 1.54) is 47.6 Å². The summed E-state index contributed by atoms with van der Waals surface area (Å²) in [5.41, 5.74) is 2.74. The summed E-state index contributed by atoms with van der Waals surface area (Å²) < 4.78 is 17.4. The summed E-state index contributed by atoms with van der Waals surface area (Å²) in [7, 11) is 0. The Bertz CT molecular complexity index is 1500. The minimum atomic E-state index is -0.109. The second kappa shape index (κ2) is 17.7. The number of thiophene rings is 1. The lowest BCUT2D eigenvalue weighted by Gasteiger charge is -2.28. The summed E-state index contributed by atoms with van der Waals surface area (Å²) in [6.45, 7) is 6.42. The van der Waals surface area contributed by atoms with Gasteiger partial charge in [-0.05, 0) is 67.4 Å². The molecule has 12 heteroatoms. The van der Waals surface area contributed by atoms with Crippen LogP contribution >= 0.6 is 22.7 Å². The Hall–Kier alpha value is -3.74. The molecule has 10 nitrogen and oxygen atoms in total. The van der Waals surface area contributed by atoms with Crippen LogP contribution in [0.2, 0.25) is 0 Å². The molecular formula is C33H40N6O4S2. The average molecular weight is 649 g/mol. The first-order valence-electron chi connectivity index (χ1n) is 15.7. The number of ether oxygens (including phenoxy) is 3. The Morgan fingerprint density at radius 3 is 2.16 bits per heavy atom. The first-order valence-corrected chi connectivity index (χ1v) is 17.3. The van der Waals surface area contributed by atoms with Crippen molar-refractivity contribution in [3.63, 3.8) is 0 Å². The summed E-state index contributed by atoms with van der Waals surface area (Å²) in [4.78, 5) is 18.9. The van der Waals surface area contributed by atoms with E-state index in [2.05, 4.69) is 42.5 Å². The first kappa shape index (κ1) is 32.6. The van der Waals surface area contributed by atoms with E-state index in [0.717, 1.165) is 83.6 Å². The van der Waals surface area contributed by atoms with Crippen LogP contribution in [-0.4, -0.2) is 50.5 Å². The van der Waals surface area contributed by atoms with Gasteiger partial charge in [0.1, 0.15) is 15.6 Å². The summed E-state index contributed by atoms with van der Waals surface area (Å²) in [6, 6.07) is 17.8. The van der Waals surface area contributed by atoms with Crippen molar-refractivity contribution in [3.8, 4) is 5.75 Å². The van der Waals surface area contributed by atoms with E-state index in [9.17, 15) is 4.79 Å². The van der Waals surface area contributed by atoms with Gasteiger partial charge < -0.3 is 19.1 Å². The molecule has 1 fully saturated rings. The van der Waals surface area contributed by atoms with Crippen LogP contribution in [0.3, 0.4) is 0 Å². The third-order valence-corrected chi connectivity index (χ3v) is 9.18. The summed E-state index contributed by atoms with van der Waals surface area (Å²) in [5.74, 6) is 0.730. The quantitative estimate of drug-likeness (QED) is 0.0640. The molecule has 0 bridgehead atoms. The van der Waals surface area contributed by atoms with Crippen LogP contribution in [0, 0.1) is 0 Å². The normalized spacial score (nSPS) is 13.8. The first-order chi connectivity index (χ1) is 22.2. The van der Waals surface area contributed by atoms with Crippen LogP contribution in [0.1, 0.15) is 58.3 Å². The van der Waals surface area contributed by atoms with Crippen LogP contribution in [0.5, 0.6) is 5.75 Å². The van der Waals surface area contributed by atoms with Crippen LogP contribution in [0.25, 0.3) is 9.53 Å². The molecule has 45 heavy (non-hydrogen) atoms. The fraction of sp³-hybridized carbons (Fsp3) is 0.455. The van der Waals surface area contributed by atoms with E-state index in [1.54, 1.807) is 0 Å². The smallest absolute Gasteiger partial charge is 0.305 e. The van der Waals surface area contributed by atoms with Crippen molar-refractivity contribution in [1.29, 1.82) is 0 Å². The van der Waals surface area contributed by atoms with Crippen LogP contribution in [0.4, 0.5) is 27.2 Å². The second-order valence-corrected chi connectivity index (χ2v) is 12.7. The minimum absolute atomic E-state index is 0.109. The Morgan fingerprint density at radius 1 is 0.822 bits per heavy atom. The van der Waals surface area contributed by atoms with Gasteiger partial charge in [-0.25, -0.2) is 4.98 Å². The zero-order valence-corrected chi connectivity index (χ0v) is 27.4. The Balaban J connectivity index is 0.986. The molecule has 1 aliphatic heterocycles. The van der Waals surface area contributed by atoms with Gasteiger partial charge in [0, 0.05) is 25.2 Å². The minimum Gasteiger partial charge on any atom is -0.494 e. The number of aromatic nitrogens is 1. The lowest BCUT2D eigenvalue weighted by Crippen LogP contribution is -2.36. The molecule has 0 spiro atoms. The van der Waals surface area contributed by atoms with Gasteiger partial charge in [-0.3, -0.25) is 4.79 Å². The highest BCUT2D eigenvalue weighted by Crippen LogP contribution is 2.39. The van der Waals surface area contributed by atoms with Crippen LogP contribution < -0.4 is 9.64 Å². The summed E-state index contributed by atoms with van der Waals surface area (Å²) in [5, 5.41) is 18.9. The van der Waals surface area contributed by atoms with Crippen molar-refractivity contribution >= 4 is 65.4 Å². The summed E-state index contributed by atoms with van der Waals surface area (Å²) >= 11 is 2.97. The number of hydrogen-bond acceptors (Lipinski definition) is 12. The van der Waals surface area contributed by atoms with Crippen molar-refractivity contribution in [2.24, 2.45) is 20.5 Å². The zero-order chi connectivity index (χ0) is 31.1. The molecule has 0 radical (unpaired) electrons. The van der Waals surface area contributed by atoms with Gasteiger partial charge in [0.05, 0.1) is 42.5 Å². The number of thiazole rings is 1. The van der Waals surface area contributed by atoms with Crippen molar-refractivity contribution in [2.45, 2.75) is 58.3 Å². The maximum Gasteiger partial charge on any atom is 0.305 e. The fourth-order valence-corrected chi connectivity index (χ4v) is 6.59. The molecule has 0 N–H and O–H groups in total. The van der Waals surface area contributed by atoms with Crippen molar-refractivity contribution in [2.75, 3.05) is 44.4 Å². The molecule has 0 unspecified atom stereocenters. The number of carbonyl (C=O) groups excluding carboxylic acids is 1. The largest absolute Gasteiger partial charge is 0.494 e. The van der Waals surface area contributed by atoms with Gasteiger partial charge in [0.2, 0.25) is 5.13 Å². The fourth-order valence-electron chi connectivity index (χ4n) is 4.74. The molecule has 3 heterocycles. The number of esters is 1. The van der Waals surface area contributed by atoms with Crippen molar-refractivity contribution in [3.05, 3.63) is 54.6 Å². The monoisotopic (exact) mass is 648 g/mol.